The number of benzene rings is 1. The standard InChI is InChI=1S/C23H22N4O5/c28-20-8-7-19(21(29)26-20)27-11-15-2-1-13(9-17(15)22(27)30)12-32-23(31)25-16-5-6-18(24-10-16)14-3-4-14/h1-2,5-6,9-10,14,19H,3-4,7-8,11-12H2,(H,25,31)(H,26,28,29). The highest BCUT2D eigenvalue weighted by Gasteiger charge is 2.39. The Hall–Kier alpha value is -3.75. The first kappa shape index (κ1) is 20.2. The zero-order valence-corrected chi connectivity index (χ0v) is 17.3. The Morgan fingerprint density at radius 3 is 2.72 bits per heavy atom. The lowest BCUT2D eigenvalue weighted by Crippen LogP contribution is -2.52. The zero-order valence-electron chi connectivity index (χ0n) is 17.3. The van der Waals surface area contributed by atoms with E-state index in [4.69, 9.17) is 4.74 Å². The third-order valence-electron chi connectivity index (χ3n) is 5.99. The zero-order chi connectivity index (χ0) is 22.2. The molecule has 1 aromatic carbocycles. The highest BCUT2D eigenvalue weighted by Crippen LogP contribution is 2.39. The van der Waals surface area contributed by atoms with Crippen LogP contribution in [0.2, 0.25) is 0 Å². The lowest BCUT2D eigenvalue weighted by molar-refractivity contribution is -0.136. The second-order valence-electron chi connectivity index (χ2n) is 8.34. The summed E-state index contributed by atoms with van der Waals surface area (Å²) in [6.45, 7) is 0.310. The minimum Gasteiger partial charge on any atom is -0.444 e. The van der Waals surface area contributed by atoms with Crippen LogP contribution in [0.25, 0.3) is 0 Å². The number of nitrogens with zero attached hydrogens (tertiary/aromatic N) is 2. The molecule has 2 fully saturated rings. The smallest absolute Gasteiger partial charge is 0.412 e. The summed E-state index contributed by atoms with van der Waals surface area (Å²) in [5.41, 5.74) is 3.55. The molecule has 1 aliphatic carbocycles. The lowest BCUT2D eigenvalue weighted by atomic mass is 10.0. The van der Waals surface area contributed by atoms with Gasteiger partial charge in [0.2, 0.25) is 11.8 Å². The summed E-state index contributed by atoms with van der Waals surface area (Å²) in [5, 5.41) is 4.94. The lowest BCUT2D eigenvalue weighted by Gasteiger charge is -2.29. The molecule has 1 aromatic heterocycles. The predicted octanol–water partition coefficient (Wildman–Crippen LogP) is 2.47. The SMILES string of the molecule is O=C1CCC(N2Cc3ccc(COC(=O)Nc4ccc(C5CC5)nc4)cc3C2=O)C(=O)N1. The third kappa shape index (κ3) is 4.05. The molecule has 2 N–H and O–H groups in total. The van der Waals surface area contributed by atoms with Crippen LogP contribution < -0.4 is 10.6 Å². The van der Waals surface area contributed by atoms with E-state index in [1.165, 1.54) is 4.90 Å². The molecule has 3 heterocycles. The molecule has 1 saturated heterocycles. The first-order chi connectivity index (χ1) is 15.5. The van der Waals surface area contributed by atoms with Crippen molar-refractivity contribution in [3.63, 3.8) is 0 Å². The van der Waals surface area contributed by atoms with Gasteiger partial charge >= 0.3 is 6.09 Å². The van der Waals surface area contributed by atoms with Crippen LogP contribution in [0.4, 0.5) is 10.5 Å². The molecule has 1 unspecified atom stereocenters. The van der Waals surface area contributed by atoms with Crippen molar-refractivity contribution in [1.82, 2.24) is 15.2 Å². The maximum Gasteiger partial charge on any atom is 0.412 e. The molecule has 0 bridgehead atoms. The number of pyridine rings is 1. The molecular formula is C23H22N4O5. The van der Waals surface area contributed by atoms with Crippen LogP contribution in [0.3, 0.4) is 0 Å². The summed E-state index contributed by atoms with van der Waals surface area (Å²) in [7, 11) is 0. The van der Waals surface area contributed by atoms with Crippen molar-refractivity contribution in [1.29, 1.82) is 0 Å². The van der Waals surface area contributed by atoms with Crippen LogP contribution in [0.1, 0.15) is 58.8 Å². The Bertz CT molecular complexity index is 1110. The number of carbonyl (C=O) groups is 4. The molecule has 2 aliphatic heterocycles. The van der Waals surface area contributed by atoms with Gasteiger partial charge in [-0.25, -0.2) is 4.79 Å². The van der Waals surface area contributed by atoms with Crippen LogP contribution in [0.5, 0.6) is 0 Å². The number of nitrogens with one attached hydrogen (secondary N) is 2. The van der Waals surface area contributed by atoms with Gasteiger partial charge in [-0.3, -0.25) is 30.0 Å². The monoisotopic (exact) mass is 434 g/mol. The molecule has 9 nitrogen and oxygen atoms in total. The predicted molar refractivity (Wildman–Crippen MR) is 113 cm³/mol. The number of carbonyl (C=O) groups excluding carboxylic acids is 4. The van der Waals surface area contributed by atoms with E-state index < -0.39 is 18.0 Å². The summed E-state index contributed by atoms with van der Waals surface area (Å²) >= 11 is 0. The summed E-state index contributed by atoms with van der Waals surface area (Å²) in [6.07, 6.45) is 3.86. The van der Waals surface area contributed by atoms with Gasteiger partial charge < -0.3 is 9.64 Å². The minimum absolute atomic E-state index is 0.00159. The van der Waals surface area contributed by atoms with E-state index in [0.29, 0.717) is 35.7 Å². The minimum atomic E-state index is -0.655. The van der Waals surface area contributed by atoms with E-state index in [2.05, 4.69) is 15.6 Å². The van der Waals surface area contributed by atoms with E-state index in [-0.39, 0.29) is 24.8 Å². The molecule has 0 radical (unpaired) electrons. The molecule has 4 amide bonds. The fraction of sp³-hybridized carbons (Fsp3) is 0.348. The fourth-order valence-corrected chi connectivity index (χ4v) is 4.09. The number of fused-ring (bicyclic) bond motifs is 1. The summed E-state index contributed by atoms with van der Waals surface area (Å²) in [5.74, 6) is -0.475. The van der Waals surface area contributed by atoms with Gasteiger partial charge in [-0.15, -0.1) is 0 Å². The number of aromatic nitrogens is 1. The Morgan fingerprint density at radius 2 is 2.00 bits per heavy atom. The summed E-state index contributed by atoms with van der Waals surface area (Å²) in [6, 6.07) is 8.34. The highest BCUT2D eigenvalue weighted by molar-refractivity contribution is 6.05. The van der Waals surface area contributed by atoms with Crippen molar-refractivity contribution in [2.75, 3.05) is 5.32 Å². The average Bonchev–Trinajstić information content (AvgIpc) is 3.58. The van der Waals surface area contributed by atoms with Crippen molar-refractivity contribution in [3.8, 4) is 0 Å². The van der Waals surface area contributed by atoms with Crippen LogP contribution in [-0.4, -0.2) is 39.7 Å². The highest BCUT2D eigenvalue weighted by atomic mass is 16.5. The number of piperidine rings is 1. The van der Waals surface area contributed by atoms with Crippen molar-refractivity contribution in [2.24, 2.45) is 0 Å². The third-order valence-corrected chi connectivity index (χ3v) is 5.99. The van der Waals surface area contributed by atoms with Gasteiger partial charge in [0.25, 0.3) is 5.91 Å². The molecule has 9 heteroatoms. The fourth-order valence-electron chi connectivity index (χ4n) is 4.09. The number of ether oxygens (including phenoxy) is 1. The van der Waals surface area contributed by atoms with Crippen molar-refractivity contribution < 1.29 is 23.9 Å². The van der Waals surface area contributed by atoms with Crippen molar-refractivity contribution >= 4 is 29.5 Å². The average molecular weight is 434 g/mol. The number of rotatable bonds is 5. The van der Waals surface area contributed by atoms with E-state index >= 15 is 0 Å². The van der Waals surface area contributed by atoms with Gasteiger partial charge in [-0.2, -0.15) is 0 Å². The quantitative estimate of drug-likeness (QED) is 0.698. The first-order valence-corrected chi connectivity index (χ1v) is 10.6. The normalized spacial score (nSPS) is 20.1. The van der Waals surface area contributed by atoms with Crippen LogP contribution in [0, 0.1) is 0 Å². The topological polar surface area (TPSA) is 118 Å². The van der Waals surface area contributed by atoms with Gasteiger partial charge in [0.05, 0.1) is 11.9 Å². The van der Waals surface area contributed by atoms with Crippen molar-refractivity contribution in [2.45, 2.75) is 50.8 Å². The molecule has 1 saturated carbocycles. The molecule has 164 valence electrons. The molecule has 5 rings (SSSR count). The van der Waals surface area contributed by atoms with E-state index in [9.17, 15) is 19.2 Å². The second-order valence-corrected chi connectivity index (χ2v) is 8.34. The molecule has 32 heavy (non-hydrogen) atoms. The van der Waals surface area contributed by atoms with Gasteiger partial charge in [-0.05, 0) is 48.6 Å². The molecule has 0 spiro atoms. The summed E-state index contributed by atoms with van der Waals surface area (Å²) < 4.78 is 5.28. The van der Waals surface area contributed by atoms with Gasteiger partial charge in [0.15, 0.2) is 0 Å². The van der Waals surface area contributed by atoms with Crippen molar-refractivity contribution in [3.05, 3.63) is 58.9 Å². The molecular weight excluding hydrogens is 412 g/mol. The van der Waals surface area contributed by atoms with Crippen LogP contribution in [0.15, 0.2) is 36.5 Å². The number of hydrogen-bond acceptors (Lipinski definition) is 6. The van der Waals surface area contributed by atoms with E-state index in [0.717, 1.165) is 24.1 Å². The van der Waals surface area contributed by atoms with Crippen LogP contribution >= 0.6 is 0 Å². The summed E-state index contributed by atoms with van der Waals surface area (Å²) in [4.78, 5) is 54.4. The largest absolute Gasteiger partial charge is 0.444 e. The van der Waals surface area contributed by atoms with Gasteiger partial charge in [0.1, 0.15) is 12.6 Å². The number of amides is 4. The van der Waals surface area contributed by atoms with Crippen LogP contribution in [-0.2, 0) is 27.5 Å². The number of imide groups is 1. The number of hydrogen-bond donors (Lipinski definition) is 2. The number of anilines is 1. The Morgan fingerprint density at radius 1 is 1.16 bits per heavy atom. The maximum atomic E-state index is 12.9. The Kier molecular flexibility index (Phi) is 5.08. The molecule has 1 atom stereocenters. The second kappa shape index (κ2) is 8.07. The Labute approximate surface area is 184 Å². The van der Waals surface area contributed by atoms with E-state index in [1.807, 2.05) is 6.07 Å². The maximum absolute atomic E-state index is 12.9. The van der Waals surface area contributed by atoms with E-state index in [1.54, 1.807) is 30.5 Å². The molecule has 2 aromatic rings. The van der Waals surface area contributed by atoms with Gasteiger partial charge in [-0.1, -0.05) is 12.1 Å². The molecule has 3 aliphatic rings. The Balaban J connectivity index is 1.18. The first-order valence-electron chi connectivity index (χ1n) is 10.6. The van der Waals surface area contributed by atoms with Gasteiger partial charge in [0, 0.05) is 30.1 Å².